The third kappa shape index (κ3) is 2.21. The van der Waals surface area contributed by atoms with Gasteiger partial charge in [-0.1, -0.05) is 27.8 Å². The maximum atomic E-state index is 11.2. The summed E-state index contributed by atoms with van der Waals surface area (Å²) in [5.41, 5.74) is 2.54. The Hall–Kier alpha value is -1.27. The zero-order chi connectivity index (χ0) is 10.7. The fourth-order valence-electron chi connectivity index (χ4n) is 1.42. The lowest BCUT2D eigenvalue weighted by Gasteiger charge is -1.94. The molecule has 0 aromatic heterocycles. The summed E-state index contributed by atoms with van der Waals surface area (Å²) in [6, 6.07) is 5.55. The maximum Gasteiger partial charge on any atom is 0.338 e. The van der Waals surface area contributed by atoms with E-state index in [1.54, 1.807) is 6.07 Å². The molecule has 2 rings (SSSR count). The number of fused-ring (bicyclic) bond motifs is 1. The Bertz CT molecular complexity index is 454. The molecule has 0 saturated heterocycles. The average Bonchev–Trinajstić information content (AvgIpc) is 2.61. The van der Waals surface area contributed by atoms with Crippen molar-refractivity contribution < 1.29 is 9.53 Å². The van der Waals surface area contributed by atoms with Crippen LogP contribution in [0.25, 0.3) is 0 Å². The first kappa shape index (κ1) is 10.3. The maximum absolute atomic E-state index is 11.2. The minimum Gasteiger partial charge on any atom is -0.457 e. The zero-order valence-corrected chi connectivity index (χ0v) is 9.63. The van der Waals surface area contributed by atoms with E-state index in [-0.39, 0.29) is 5.97 Å². The van der Waals surface area contributed by atoms with Gasteiger partial charge in [0.15, 0.2) is 0 Å². The number of alkyl halides is 1. The highest BCUT2D eigenvalue weighted by Crippen LogP contribution is 2.20. The van der Waals surface area contributed by atoms with E-state index in [1.807, 2.05) is 12.1 Å². The molecule has 0 saturated carbocycles. The number of carbonyl (C=O) groups excluding carboxylic acids is 1. The van der Waals surface area contributed by atoms with Gasteiger partial charge in [0, 0.05) is 22.9 Å². The molecule has 0 bridgehead atoms. The van der Waals surface area contributed by atoms with Crippen molar-refractivity contribution in [3.05, 3.63) is 34.9 Å². The summed E-state index contributed by atoms with van der Waals surface area (Å²) in [7, 11) is 0. The molecule has 0 atom stereocenters. The topological polar surface area (TPSA) is 26.3 Å². The second-order valence-electron chi connectivity index (χ2n) is 3.19. The van der Waals surface area contributed by atoms with Gasteiger partial charge in [0.05, 0.1) is 5.56 Å². The van der Waals surface area contributed by atoms with Crippen LogP contribution in [0.5, 0.6) is 0 Å². The first-order valence-corrected chi connectivity index (χ1v) is 5.78. The van der Waals surface area contributed by atoms with Gasteiger partial charge in [-0.15, -0.1) is 0 Å². The molecule has 15 heavy (non-hydrogen) atoms. The average molecular weight is 265 g/mol. The van der Waals surface area contributed by atoms with Crippen molar-refractivity contribution in [2.75, 3.05) is 5.33 Å². The Balaban J connectivity index is 2.24. The van der Waals surface area contributed by atoms with Crippen molar-refractivity contribution in [3.8, 4) is 11.8 Å². The lowest BCUT2D eigenvalue weighted by Crippen LogP contribution is -1.92. The summed E-state index contributed by atoms with van der Waals surface area (Å²) in [5, 5.41) is 0.881. The first-order chi connectivity index (χ1) is 7.31. The summed E-state index contributed by atoms with van der Waals surface area (Å²) in [6.45, 7) is 0.377. The lowest BCUT2D eigenvalue weighted by atomic mass is 10.1. The van der Waals surface area contributed by atoms with Crippen molar-refractivity contribution in [2.45, 2.75) is 13.0 Å². The van der Waals surface area contributed by atoms with Crippen molar-refractivity contribution >= 4 is 21.9 Å². The van der Waals surface area contributed by atoms with Crippen LogP contribution in [0.1, 0.15) is 27.9 Å². The fourth-order valence-corrected chi connectivity index (χ4v) is 1.62. The number of esters is 1. The van der Waals surface area contributed by atoms with Crippen molar-refractivity contribution in [2.24, 2.45) is 0 Å². The smallest absolute Gasteiger partial charge is 0.338 e. The van der Waals surface area contributed by atoms with Crippen LogP contribution in [0.2, 0.25) is 0 Å². The van der Waals surface area contributed by atoms with Crippen LogP contribution >= 0.6 is 15.9 Å². The van der Waals surface area contributed by atoms with Crippen LogP contribution in [-0.4, -0.2) is 11.3 Å². The molecule has 0 unspecified atom stereocenters. The van der Waals surface area contributed by atoms with Crippen molar-refractivity contribution in [3.63, 3.8) is 0 Å². The molecule has 0 radical (unpaired) electrons. The predicted octanol–water partition coefficient (Wildman–Crippen LogP) is 2.49. The number of cyclic esters (lactones) is 1. The van der Waals surface area contributed by atoms with Crippen molar-refractivity contribution in [1.29, 1.82) is 0 Å². The van der Waals surface area contributed by atoms with E-state index in [2.05, 4.69) is 27.8 Å². The summed E-state index contributed by atoms with van der Waals surface area (Å²) in [6.07, 6.45) is 0.826. The highest BCUT2D eigenvalue weighted by Gasteiger charge is 2.20. The zero-order valence-electron chi connectivity index (χ0n) is 8.05. The molecule has 1 aromatic rings. The second-order valence-corrected chi connectivity index (χ2v) is 3.98. The molecular formula is C12H9BrO2. The van der Waals surface area contributed by atoms with E-state index < -0.39 is 0 Å². The highest BCUT2D eigenvalue weighted by atomic mass is 79.9. The molecular weight excluding hydrogens is 256 g/mol. The van der Waals surface area contributed by atoms with Crippen LogP contribution < -0.4 is 0 Å². The number of benzene rings is 1. The minimum atomic E-state index is -0.232. The van der Waals surface area contributed by atoms with Gasteiger partial charge in [-0.05, 0) is 18.2 Å². The number of hydrogen-bond acceptors (Lipinski definition) is 2. The lowest BCUT2D eigenvalue weighted by molar-refractivity contribution is 0.0535. The molecule has 1 aliphatic heterocycles. The Morgan fingerprint density at radius 2 is 2.33 bits per heavy atom. The number of ether oxygens (including phenoxy) is 1. The van der Waals surface area contributed by atoms with Gasteiger partial charge in [-0.25, -0.2) is 4.79 Å². The van der Waals surface area contributed by atoms with Crippen LogP contribution in [0.4, 0.5) is 0 Å². The van der Waals surface area contributed by atoms with Gasteiger partial charge in [0.25, 0.3) is 0 Å². The highest BCUT2D eigenvalue weighted by molar-refractivity contribution is 9.09. The van der Waals surface area contributed by atoms with Crippen LogP contribution in [0, 0.1) is 11.8 Å². The van der Waals surface area contributed by atoms with Gasteiger partial charge >= 0.3 is 5.97 Å². The summed E-state index contributed by atoms with van der Waals surface area (Å²) in [4.78, 5) is 11.2. The molecule has 1 aromatic carbocycles. The van der Waals surface area contributed by atoms with Crippen LogP contribution in [-0.2, 0) is 11.3 Å². The molecule has 0 N–H and O–H groups in total. The van der Waals surface area contributed by atoms with E-state index in [0.29, 0.717) is 12.2 Å². The molecule has 3 heteroatoms. The van der Waals surface area contributed by atoms with Gasteiger partial charge in [-0.2, -0.15) is 0 Å². The van der Waals surface area contributed by atoms with Gasteiger partial charge < -0.3 is 4.74 Å². The van der Waals surface area contributed by atoms with Crippen LogP contribution in [0.15, 0.2) is 18.2 Å². The van der Waals surface area contributed by atoms with Gasteiger partial charge in [-0.3, -0.25) is 0 Å². The minimum absolute atomic E-state index is 0.232. The van der Waals surface area contributed by atoms with E-state index in [4.69, 9.17) is 4.74 Å². The van der Waals surface area contributed by atoms with Gasteiger partial charge in [0.2, 0.25) is 0 Å². The molecule has 0 fully saturated rings. The molecule has 0 amide bonds. The predicted molar refractivity (Wildman–Crippen MR) is 60.9 cm³/mol. The fraction of sp³-hybridized carbons (Fsp3) is 0.250. The van der Waals surface area contributed by atoms with E-state index >= 15 is 0 Å². The molecule has 0 spiro atoms. The third-order valence-corrected chi connectivity index (χ3v) is 2.53. The Morgan fingerprint density at radius 3 is 3.13 bits per heavy atom. The van der Waals surface area contributed by atoms with Crippen LogP contribution in [0.3, 0.4) is 0 Å². The molecule has 76 valence electrons. The van der Waals surface area contributed by atoms with E-state index in [1.165, 1.54) is 0 Å². The standard InChI is InChI=1S/C12H9BrO2/c13-6-2-1-3-9-4-5-11-10(7-9)8-15-12(11)14/h4-5,7H,2,6,8H2. The number of rotatable bonds is 1. The van der Waals surface area contributed by atoms with Crippen molar-refractivity contribution in [1.82, 2.24) is 0 Å². The number of halogens is 1. The van der Waals surface area contributed by atoms with E-state index in [9.17, 15) is 4.79 Å². The Labute approximate surface area is 96.8 Å². The first-order valence-electron chi connectivity index (χ1n) is 4.66. The normalized spacial score (nSPS) is 12.7. The number of hydrogen-bond donors (Lipinski definition) is 0. The van der Waals surface area contributed by atoms with Gasteiger partial charge in [0.1, 0.15) is 6.61 Å². The monoisotopic (exact) mass is 264 g/mol. The molecule has 1 aliphatic rings. The largest absolute Gasteiger partial charge is 0.457 e. The molecule has 0 aliphatic carbocycles. The Kier molecular flexibility index (Phi) is 3.08. The quantitative estimate of drug-likeness (QED) is 0.443. The SMILES string of the molecule is O=C1OCc2cc(C#CCCBr)ccc21. The Morgan fingerprint density at radius 1 is 1.47 bits per heavy atom. The third-order valence-electron chi connectivity index (χ3n) is 2.14. The summed E-state index contributed by atoms with van der Waals surface area (Å²) >= 11 is 3.31. The summed E-state index contributed by atoms with van der Waals surface area (Å²) < 4.78 is 4.91. The molecule has 1 heterocycles. The molecule has 2 nitrogen and oxygen atoms in total. The van der Waals surface area contributed by atoms with E-state index in [0.717, 1.165) is 22.9 Å². The summed E-state index contributed by atoms with van der Waals surface area (Å²) in [5.74, 6) is 5.84. The second kappa shape index (κ2) is 4.50. The number of carbonyl (C=O) groups is 1.